The minimum absolute atomic E-state index is 0.260. The summed E-state index contributed by atoms with van der Waals surface area (Å²) in [5.74, 6) is -0.260. The Morgan fingerprint density at radius 2 is 1.93 bits per heavy atom. The molecule has 0 heterocycles. The highest BCUT2D eigenvalue weighted by Gasteiger charge is 2.26. The normalized spacial score (nSPS) is 12.8. The van der Waals surface area contributed by atoms with Crippen LogP contribution < -0.4 is 0 Å². The van der Waals surface area contributed by atoms with Gasteiger partial charge in [0.15, 0.2) is 0 Å². The van der Waals surface area contributed by atoms with Crippen LogP contribution in [0.5, 0.6) is 0 Å². The van der Waals surface area contributed by atoms with Crippen molar-refractivity contribution in [1.29, 1.82) is 0 Å². The zero-order valence-corrected chi connectivity index (χ0v) is 10.0. The number of aryl methyl sites for hydroxylation is 1. The molecule has 0 saturated heterocycles. The SMILES string of the molecule is Cc1cccc(C(C)(C)CS(=O)(=O)O)c1. The highest BCUT2D eigenvalue weighted by atomic mass is 32.2. The van der Waals surface area contributed by atoms with Crippen LogP contribution in [-0.4, -0.2) is 18.7 Å². The summed E-state index contributed by atoms with van der Waals surface area (Å²) in [6.45, 7) is 5.55. The predicted octanol–water partition coefficient (Wildman–Crippen LogP) is 2.16. The molecule has 84 valence electrons. The van der Waals surface area contributed by atoms with E-state index in [0.29, 0.717) is 0 Å². The molecular formula is C11H16O3S. The fraction of sp³-hybridized carbons (Fsp3) is 0.455. The van der Waals surface area contributed by atoms with E-state index in [9.17, 15) is 8.42 Å². The van der Waals surface area contributed by atoms with Gasteiger partial charge in [-0.3, -0.25) is 4.55 Å². The van der Waals surface area contributed by atoms with Crippen LogP contribution in [-0.2, 0) is 15.5 Å². The molecule has 0 spiro atoms. The summed E-state index contributed by atoms with van der Waals surface area (Å²) in [4.78, 5) is 0. The molecule has 1 rings (SSSR count). The molecule has 0 atom stereocenters. The molecular weight excluding hydrogens is 212 g/mol. The lowest BCUT2D eigenvalue weighted by Gasteiger charge is -2.23. The molecule has 0 aliphatic carbocycles. The maximum absolute atomic E-state index is 10.9. The van der Waals surface area contributed by atoms with Crippen LogP contribution in [0.3, 0.4) is 0 Å². The topological polar surface area (TPSA) is 54.4 Å². The van der Waals surface area contributed by atoms with Crippen molar-refractivity contribution in [2.24, 2.45) is 0 Å². The van der Waals surface area contributed by atoms with E-state index in [1.807, 2.05) is 31.2 Å². The van der Waals surface area contributed by atoms with Crippen molar-refractivity contribution in [2.45, 2.75) is 26.2 Å². The second kappa shape index (κ2) is 3.94. The van der Waals surface area contributed by atoms with E-state index < -0.39 is 15.5 Å². The van der Waals surface area contributed by atoms with Gasteiger partial charge in [0.2, 0.25) is 0 Å². The number of benzene rings is 1. The van der Waals surface area contributed by atoms with Crippen molar-refractivity contribution < 1.29 is 13.0 Å². The van der Waals surface area contributed by atoms with E-state index in [1.165, 1.54) is 0 Å². The van der Waals surface area contributed by atoms with E-state index >= 15 is 0 Å². The van der Waals surface area contributed by atoms with Gasteiger partial charge in [-0.15, -0.1) is 0 Å². The number of hydrogen-bond donors (Lipinski definition) is 1. The highest BCUT2D eigenvalue weighted by molar-refractivity contribution is 7.85. The van der Waals surface area contributed by atoms with Crippen LogP contribution in [0.15, 0.2) is 24.3 Å². The first-order valence-electron chi connectivity index (χ1n) is 4.73. The van der Waals surface area contributed by atoms with Gasteiger partial charge in [-0.2, -0.15) is 8.42 Å². The van der Waals surface area contributed by atoms with Crippen LogP contribution >= 0.6 is 0 Å². The summed E-state index contributed by atoms with van der Waals surface area (Å²) in [6.07, 6.45) is 0. The molecule has 3 nitrogen and oxygen atoms in total. The van der Waals surface area contributed by atoms with Gasteiger partial charge in [-0.1, -0.05) is 43.7 Å². The largest absolute Gasteiger partial charge is 0.286 e. The lowest BCUT2D eigenvalue weighted by Crippen LogP contribution is -2.27. The summed E-state index contributed by atoms with van der Waals surface area (Å²) in [7, 11) is -3.94. The van der Waals surface area contributed by atoms with Crippen molar-refractivity contribution in [2.75, 3.05) is 5.75 Å². The molecule has 4 heteroatoms. The molecule has 0 unspecified atom stereocenters. The van der Waals surface area contributed by atoms with Crippen molar-refractivity contribution >= 4 is 10.1 Å². The van der Waals surface area contributed by atoms with Crippen molar-refractivity contribution in [3.8, 4) is 0 Å². The van der Waals surface area contributed by atoms with Crippen LogP contribution in [0.25, 0.3) is 0 Å². The Bertz CT molecular complexity index is 447. The molecule has 0 radical (unpaired) electrons. The van der Waals surface area contributed by atoms with Gasteiger partial charge in [0.1, 0.15) is 0 Å². The summed E-state index contributed by atoms with van der Waals surface area (Å²) in [6, 6.07) is 7.65. The van der Waals surface area contributed by atoms with Crippen molar-refractivity contribution in [1.82, 2.24) is 0 Å². The summed E-state index contributed by atoms with van der Waals surface area (Å²) < 4.78 is 30.6. The van der Waals surface area contributed by atoms with E-state index in [2.05, 4.69) is 0 Å². The summed E-state index contributed by atoms with van der Waals surface area (Å²) in [5.41, 5.74) is 1.43. The van der Waals surface area contributed by atoms with Crippen LogP contribution in [0.4, 0.5) is 0 Å². The molecule has 0 saturated carbocycles. The van der Waals surface area contributed by atoms with E-state index in [0.717, 1.165) is 11.1 Å². The lowest BCUT2D eigenvalue weighted by atomic mass is 9.86. The average molecular weight is 228 g/mol. The van der Waals surface area contributed by atoms with Crippen LogP contribution in [0.1, 0.15) is 25.0 Å². The Hall–Kier alpha value is -0.870. The zero-order chi connectivity index (χ0) is 11.7. The lowest BCUT2D eigenvalue weighted by molar-refractivity contribution is 0.460. The Kier molecular flexibility index (Phi) is 3.21. The van der Waals surface area contributed by atoms with Crippen LogP contribution in [0, 0.1) is 6.92 Å². The first kappa shape index (κ1) is 12.2. The van der Waals surface area contributed by atoms with Crippen molar-refractivity contribution in [3.63, 3.8) is 0 Å². The summed E-state index contributed by atoms with van der Waals surface area (Å²) in [5, 5.41) is 0. The third-order valence-electron chi connectivity index (χ3n) is 2.34. The Morgan fingerprint density at radius 1 is 1.33 bits per heavy atom. The minimum Gasteiger partial charge on any atom is -0.286 e. The third-order valence-corrected chi connectivity index (χ3v) is 3.43. The average Bonchev–Trinajstić information content (AvgIpc) is 1.99. The minimum atomic E-state index is -3.94. The fourth-order valence-electron chi connectivity index (χ4n) is 1.61. The molecule has 0 aliphatic rings. The monoisotopic (exact) mass is 228 g/mol. The molecule has 1 aromatic rings. The second-order valence-corrected chi connectivity index (χ2v) is 5.93. The molecule has 1 aromatic carbocycles. The van der Waals surface area contributed by atoms with Gasteiger partial charge in [0, 0.05) is 5.41 Å². The van der Waals surface area contributed by atoms with E-state index in [-0.39, 0.29) is 5.75 Å². The quantitative estimate of drug-likeness (QED) is 0.807. The number of rotatable bonds is 3. The van der Waals surface area contributed by atoms with E-state index in [1.54, 1.807) is 13.8 Å². The first-order valence-corrected chi connectivity index (χ1v) is 6.34. The van der Waals surface area contributed by atoms with Crippen molar-refractivity contribution in [3.05, 3.63) is 35.4 Å². The van der Waals surface area contributed by atoms with Gasteiger partial charge >= 0.3 is 0 Å². The fourth-order valence-corrected chi connectivity index (χ4v) is 2.68. The van der Waals surface area contributed by atoms with Gasteiger partial charge < -0.3 is 0 Å². The Balaban J connectivity index is 3.06. The Morgan fingerprint density at radius 3 is 2.40 bits per heavy atom. The maximum Gasteiger partial charge on any atom is 0.265 e. The highest BCUT2D eigenvalue weighted by Crippen LogP contribution is 2.25. The predicted molar refractivity (Wildman–Crippen MR) is 60.6 cm³/mol. The van der Waals surface area contributed by atoms with Gasteiger partial charge in [-0.05, 0) is 12.5 Å². The molecule has 0 amide bonds. The molecule has 0 bridgehead atoms. The maximum atomic E-state index is 10.9. The Labute approximate surface area is 90.9 Å². The number of hydrogen-bond acceptors (Lipinski definition) is 2. The third kappa shape index (κ3) is 3.64. The zero-order valence-electron chi connectivity index (χ0n) is 9.19. The standard InChI is InChI=1S/C11H16O3S/c1-9-5-4-6-10(7-9)11(2,3)8-15(12,13)14/h4-7H,8H2,1-3H3,(H,12,13,14). The molecule has 0 fully saturated rings. The van der Waals surface area contributed by atoms with Crippen LogP contribution in [0.2, 0.25) is 0 Å². The first-order chi connectivity index (χ1) is 6.71. The molecule has 1 N–H and O–H groups in total. The van der Waals surface area contributed by atoms with Gasteiger partial charge in [-0.25, -0.2) is 0 Å². The summed E-state index contributed by atoms with van der Waals surface area (Å²) >= 11 is 0. The second-order valence-electron chi connectivity index (χ2n) is 4.48. The molecule has 15 heavy (non-hydrogen) atoms. The smallest absolute Gasteiger partial charge is 0.265 e. The van der Waals surface area contributed by atoms with E-state index in [4.69, 9.17) is 4.55 Å². The molecule has 0 aromatic heterocycles. The molecule has 0 aliphatic heterocycles. The van der Waals surface area contributed by atoms with Gasteiger partial charge in [0.25, 0.3) is 10.1 Å². The van der Waals surface area contributed by atoms with Gasteiger partial charge in [0.05, 0.1) is 5.75 Å².